The average molecular weight is 423 g/mol. The molecule has 0 bridgehead atoms. The lowest BCUT2D eigenvalue weighted by atomic mass is 10.2. The van der Waals surface area contributed by atoms with E-state index in [9.17, 15) is 0 Å². The van der Waals surface area contributed by atoms with E-state index in [0.717, 1.165) is 42.5 Å². The van der Waals surface area contributed by atoms with Gasteiger partial charge in [-0.3, -0.25) is 4.99 Å². The van der Waals surface area contributed by atoms with Crippen LogP contribution in [0.4, 0.5) is 5.69 Å². The van der Waals surface area contributed by atoms with E-state index in [1.807, 2.05) is 36.4 Å². The average Bonchev–Trinajstić information content (AvgIpc) is 3.28. The molecular formula is C24H30N4O3. The Morgan fingerprint density at radius 1 is 1.16 bits per heavy atom. The van der Waals surface area contributed by atoms with Crippen LogP contribution in [0.2, 0.25) is 0 Å². The summed E-state index contributed by atoms with van der Waals surface area (Å²) >= 11 is 0. The molecule has 2 aromatic carbocycles. The Morgan fingerprint density at radius 3 is 2.71 bits per heavy atom. The minimum atomic E-state index is 0.195. The number of hydrogen-bond acceptors (Lipinski definition) is 5. The van der Waals surface area contributed by atoms with Crippen LogP contribution in [0.3, 0.4) is 0 Å². The van der Waals surface area contributed by atoms with Crippen molar-refractivity contribution in [2.45, 2.75) is 19.0 Å². The highest BCUT2D eigenvalue weighted by Gasteiger charge is 2.25. The third-order valence-electron chi connectivity index (χ3n) is 5.18. The van der Waals surface area contributed by atoms with Crippen molar-refractivity contribution in [2.24, 2.45) is 4.99 Å². The van der Waals surface area contributed by atoms with Gasteiger partial charge in [0.15, 0.2) is 17.5 Å². The van der Waals surface area contributed by atoms with Crippen molar-refractivity contribution < 1.29 is 14.2 Å². The zero-order chi connectivity index (χ0) is 22.1. The highest BCUT2D eigenvalue weighted by Crippen LogP contribution is 2.30. The number of nitrogens with one attached hydrogen (secondary N) is 2. The molecule has 164 valence electrons. The minimum Gasteiger partial charge on any atom is -0.495 e. The molecule has 0 amide bonds. The minimum absolute atomic E-state index is 0.195. The summed E-state index contributed by atoms with van der Waals surface area (Å²) in [6.07, 6.45) is 6.32. The molecule has 1 unspecified atom stereocenters. The summed E-state index contributed by atoms with van der Waals surface area (Å²) in [6, 6.07) is 14.2. The molecule has 3 rings (SSSR count). The zero-order valence-electron chi connectivity index (χ0n) is 18.4. The summed E-state index contributed by atoms with van der Waals surface area (Å²) in [5.74, 6) is 5.42. The Bertz CT molecular complexity index is 939. The number of methoxy groups -OCH3 is 2. The van der Waals surface area contributed by atoms with Gasteiger partial charge in [0.2, 0.25) is 0 Å². The molecule has 2 N–H and O–H groups in total. The second-order valence-electron chi connectivity index (χ2n) is 7.15. The largest absolute Gasteiger partial charge is 0.495 e. The van der Waals surface area contributed by atoms with E-state index < -0.39 is 0 Å². The van der Waals surface area contributed by atoms with Gasteiger partial charge in [0.1, 0.15) is 12.4 Å². The van der Waals surface area contributed by atoms with Crippen LogP contribution < -0.4 is 29.7 Å². The van der Waals surface area contributed by atoms with Gasteiger partial charge < -0.3 is 29.7 Å². The number of para-hydroxylation sites is 2. The Morgan fingerprint density at radius 2 is 1.97 bits per heavy atom. The number of benzene rings is 2. The first-order valence-electron chi connectivity index (χ1n) is 10.3. The van der Waals surface area contributed by atoms with Gasteiger partial charge in [-0.25, -0.2) is 0 Å². The molecule has 0 saturated carbocycles. The third kappa shape index (κ3) is 5.76. The van der Waals surface area contributed by atoms with Crippen molar-refractivity contribution >= 4 is 11.6 Å². The molecule has 1 fully saturated rings. The van der Waals surface area contributed by atoms with Gasteiger partial charge in [-0.15, -0.1) is 6.42 Å². The smallest absolute Gasteiger partial charge is 0.191 e. The van der Waals surface area contributed by atoms with E-state index in [1.54, 1.807) is 21.3 Å². The molecule has 1 heterocycles. The normalized spacial score (nSPS) is 15.9. The van der Waals surface area contributed by atoms with E-state index in [2.05, 4.69) is 32.5 Å². The van der Waals surface area contributed by atoms with Crippen molar-refractivity contribution in [1.82, 2.24) is 10.6 Å². The molecule has 1 aliphatic heterocycles. The Kier molecular flexibility index (Phi) is 7.88. The summed E-state index contributed by atoms with van der Waals surface area (Å²) in [4.78, 5) is 6.71. The summed E-state index contributed by atoms with van der Waals surface area (Å²) < 4.78 is 16.4. The number of guanidine groups is 1. The highest BCUT2D eigenvalue weighted by molar-refractivity contribution is 5.80. The molecule has 0 aromatic heterocycles. The predicted octanol–water partition coefficient (Wildman–Crippen LogP) is 2.66. The van der Waals surface area contributed by atoms with E-state index in [0.29, 0.717) is 24.1 Å². The molecule has 0 spiro atoms. The lowest BCUT2D eigenvalue weighted by Gasteiger charge is -2.22. The SMILES string of the molecule is C#CCOc1cc(CNC(=NC)NC2CCN(c3ccccc3OC)C2)ccc1OC. The monoisotopic (exact) mass is 422 g/mol. The number of nitrogens with zero attached hydrogens (tertiary/aromatic N) is 2. The fourth-order valence-corrected chi connectivity index (χ4v) is 3.62. The number of anilines is 1. The number of ether oxygens (including phenoxy) is 3. The summed E-state index contributed by atoms with van der Waals surface area (Å²) in [6.45, 7) is 2.64. The number of aliphatic imine (C=N–C) groups is 1. The maximum Gasteiger partial charge on any atom is 0.191 e. The van der Waals surface area contributed by atoms with Gasteiger partial charge in [0, 0.05) is 32.7 Å². The fraction of sp³-hybridized carbons (Fsp3) is 0.375. The summed E-state index contributed by atoms with van der Waals surface area (Å²) in [5, 5.41) is 6.89. The van der Waals surface area contributed by atoms with Gasteiger partial charge in [-0.1, -0.05) is 24.1 Å². The topological polar surface area (TPSA) is 67.4 Å². The molecule has 0 radical (unpaired) electrons. The molecule has 1 saturated heterocycles. The van der Waals surface area contributed by atoms with Gasteiger partial charge >= 0.3 is 0 Å². The van der Waals surface area contributed by atoms with Gasteiger partial charge in [0.05, 0.1) is 19.9 Å². The van der Waals surface area contributed by atoms with Crippen molar-refractivity contribution in [3.8, 4) is 29.6 Å². The van der Waals surface area contributed by atoms with Gasteiger partial charge in [-0.05, 0) is 36.2 Å². The van der Waals surface area contributed by atoms with Crippen molar-refractivity contribution in [3.05, 3.63) is 48.0 Å². The molecule has 7 heteroatoms. The molecule has 2 aromatic rings. The van der Waals surface area contributed by atoms with Crippen LogP contribution in [0, 0.1) is 12.3 Å². The third-order valence-corrected chi connectivity index (χ3v) is 5.18. The van der Waals surface area contributed by atoms with Crippen LogP contribution in [0.1, 0.15) is 12.0 Å². The fourth-order valence-electron chi connectivity index (χ4n) is 3.62. The second kappa shape index (κ2) is 11.0. The second-order valence-corrected chi connectivity index (χ2v) is 7.15. The lowest BCUT2D eigenvalue weighted by Crippen LogP contribution is -2.44. The molecular weight excluding hydrogens is 392 g/mol. The lowest BCUT2D eigenvalue weighted by molar-refractivity contribution is 0.330. The summed E-state index contributed by atoms with van der Waals surface area (Å²) in [7, 11) is 5.09. The molecule has 31 heavy (non-hydrogen) atoms. The Balaban J connectivity index is 1.56. The molecule has 7 nitrogen and oxygen atoms in total. The van der Waals surface area contributed by atoms with E-state index in [4.69, 9.17) is 20.6 Å². The van der Waals surface area contributed by atoms with Crippen LogP contribution in [-0.2, 0) is 6.54 Å². The molecule has 0 aliphatic carbocycles. The van der Waals surface area contributed by atoms with Crippen molar-refractivity contribution in [1.29, 1.82) is 0 Å². The quantitative estimate of drug-likeness (QED) is 0.387. The summed E-state index contributed by atoms with van der Waals surface area (Å²) in [5.41, 5.74) is 2.16. The van der Waals surface area contributed by atoms with Crippen LogP contribution in [0.5, 0.6) is 17.2 Å². The number of terminal acetylenes is 1. The van der Waals surface area contributed by atoms with Crippen LogP contribution in [-0.4, -0.2) is 53.0 Å². The maximum absolute atomic E-state index is 5.58. The molecule has 1 atom stereocenters. The van der Waals surface area contributed by atoms with Crippen LogP contribution in [0.15, 0.2) is 47.5 Å². The van der Waals surface area contributed by atoms with E-state index >= 15 is 0 Å². The van der Waals surface area contributed by atoms with E-state index in [-0.39, 0.29) is 6.61 Å². The predicted molar refractivity (Wildman–Crippen MR) is 124 cm³/mol. The highest BCUT2D eigenvalue weighted by atomic mass is 16.5. The van der Waals surface area contributed by atoms with E-state index in [1.165, 1.54) is 0 Å². The first-order chi connectivity index (χ1) is 15.2. The standard InChI is InChI=1S/C24H30N4O3/c1-5-14-31-23-15-18(10-11-22(23)30-4)16-26-24(25-2)27-19-12-13-28(17-19)20-8-6-7-9-21(20)29-3/h1,6-11,15,19H,12-14,16-17H2,2-4H3,(H2,25,26,27). The first kappa shape index (κ1) is 22.2. The number of rotatable bonds is 8. The van der Waals surface area contributed by atoms with Crippen molar-refractivity contribution in [2.75, 3.05) is 45.9 Å². The molecule has 1 aliphatic rings. The van der Waals surface area contributed by atoms with Crippen LogP contribution in [0.25, 0.3) is 0 Å². The first-order valence-corrected chi connectivity index (χ1v) is 10.3. The Labute approximate surface area is 184 Å². The van der Waals surface area contributed by atoms with Gasteiger partial charge in [0.25, 0.3) is 0 Å². The zero-order valence-corrected chi connectivity index (χ0v) is 18.4. The Hall–Kier alpha value is -3.53. The number of hydrogen-bond donors (Lipinski definition) is 2. The van der Waals surface area contributed by atoms with Crippen LogP contribution >= 0.6 is 0 Å². The van der Waals surface area contributed by atoms with Gasteiger partial charge in [-0.2, -0.15) is 0 Å². The maximum atomic E-state index is 5.58. The van der Waals surface area contributed by atoms with Crippen molar-refractivity contribution in [3.63, 3.8) is 0 Å².